The van der Waals surface area contributed by atoms with Gasteiger partial charge in [-0.1, -0.05) is 23.2 Å². The Bertz CT molecular complexity index is 664. The van der Waals surface area contributed by atoms with E-state index in [9.17, 15) is 18.4 Å². The molecule has 0 saturated carbocycles. The Kier molecular flexibility index (Phi) is 8.46. The zero-order valence-electron chi connectivity index (χ0n) is 13.7. The quantitative estimate of drug-likeness (QED) is 0.678. The molecule has 2 rings (SSSR count). The van der Waals surface area contributed by atoms with E-state index in [1.165, 1.54) is 12.3 Å². The van der Waals surface area contributed by atoms with E-state index in [2.05, 4.69) is 10.3 Å². The van der Waals surface area contributed by atoms with Crippen molar-refractivity contribution >= 4 is 47.4 Å². The van der Waals surface area contributed by atoms with Crippen LogP contribution in [0.4, 0.5) is 8.78 Å². The van der Waals surface area contributed by atoms with E-state index in [0.29, 0.717) is 13.0 Å². The van der Waals surface area contributed by atoms with E-state index in [1.807, 2.05) is 0 Å². The molecule has 2 amide bonds. The van der Waals surface area contributed by atoms with Crippen LogP contribution >= 0.6 is 35.6 Å². The van der Waals surface area contributed by atoms with Crippen molar-refractivity contribution in [1.82, 2.24) is 15.2 Å². The zero-order chi connectivity index (χ0) is 18.6. The number of hydrogen-bond donors (Lipinski definition) is 2. The minimum Gasteiger partial charge on any atom is -0.340 e. The number of carbonyl (C=O) groups excluding carboxylic acids is 2. The monoisotopic (exact) mass is 430 g/mol. The van der Waals surface area contributed by atoms with Gasteiger partial charge in [0, 0.05) is 19.2 Å². The Balaban J connectivity index is 0.00000338. The highest BCUT2D eigenvalue weighted by atomic mass is 35.5. The SMILES string of the molecule is Cl.NCCC[C@H](NC(=O)c1cnc(Cl)c(Cl)c1)C(=O)N1CCC(F)(F)C1. The topological polar surface area (TPSA) is 88.3 Å². The van der Waals surface area contributed by atoms with E-state index in [0.717, 1.165) is 4.90 Å². The molecule has 0 spiro atoms. The number of hydrogen-bond acceptors (Lipinski definition) is 4. The van der Waals surface area contributed by atoms with E-state index in [1.54, 1.807) is 0 Å². The maximum absolute atomic E-state index is 13.3. The number of pyridine rings is 1. The van der Waals surface area contributed by atoms with Gasteiger partial charge in [0.15, 0.2) is 0 Å². The molecule has 1 aromatic rings. The van der Waals surface area contributed by atoms with Crippen LogP contribution < -0.4 is 11.1 Å². The van der Waals surface area contributed by atoms with Gasteiger partial charge in [-0.3, -0.25) is 9.59 Å². The molecule has 26 heavy (non-hydrogen) atoms. The van der Waals surface area contributed by atoms with Crippen molar-refractivity contribution in [2.75, 3.05) is 19.6 Å². The Hall–Kier alpha value is -1.22. The standard InChI is InChI=1S/C15H18Cl2F2N4O2.ClH/c16-10-6-9(7-21-12(10)17)13(24)22-11(2-1-4-20)14(25)23-5-3-15(18,19)8-23;/h6-7,11H,1-5,8,20H2,(H,22,24);1H/t11-;/m0./s1. The van der Waals surface area contributed by atoms with Crippen LogP contribution in [0.5, 0.6) is 0 Å². The first-order chi connectivity index (χ1) is 11.7. The summed E-state index contributed by atoms with van der Waals surface area (Å²) in [5.41, 5.74) is 5.57. The van der Waals surface area contributed by atoms with E-state index in [4.69, 9.17) is 28.9 Å². The second-order valence-electron chi connectivity index (χ2n) is 5.82. The van der Waals surface area contributed by atoms with Crippen molar-refractivity contribution in [3.8, 4) is 0 Å². The number of likely N-dealkylation sites (tertiary alicyclic amines) is 1. The van der Waals surface area contributed by atoms with Crippen molar-refractivity contribution in [2.24, 2.45) is 5.73 Å². The number of carbonyl (C=O) groups is 2. The van der Waals surface area contributed by atoms with Gasteiger partial charge >= 0.3 is 0 Å². The number of nitrogens with one attached hydrogen (secondary N) is 1. The summed E-state index contributed by atoms with van der Waals surface area (Å²) in [5, 5.41) is 2.69. The summed E-state index contributed by atoms with van der Waals surface area (Å²) in [6, 6.07) is 0.375. The van der Waals surface area contributed by atoms with Crippen molar-refractivity contribution in [3.05, 3.63) is 28.0 Å². The molecule has 1 fully saturated rings. The van der Waals surface area contributed by atoms with Gasteiger partial charge in [0.25, 0.3) is 11.8 Å². The summed E-state index contributed by atoms with van der Waals surface area (Å²) in [5.74, 6) is -4.04. The van der Waals surface area contributed by atoms with Crippen molar-refractivity contribution in [2.45, 2.75) is 31.2 Å². The van der Waals surface area contributed by atoms with Crippen molar-refractivity contribution in [3.63, 3.8) is 0 Å². The van der Waals surface area contributed by atoms with Crippen LogP contribution in [0.2, 0.25) is 10.2 Å². The number of nitrogens with zero attached hydrogens (tertiary/aromatic N) is 2. The normalized spacial score (nSPS) is 16.7. The third-order valence-corrected chi connectivity index (χ3v) is 4.53. The molecular formula is C15H19Cl3F2N4O2. The van der Waals surface area contributed by atoms with Crippen molar-refractivity contribution in [1.29, 1.82) is 0 Å². The van der Waals surface area contributed by atoms with Gasteiger partial charge in [-0.05, 0) is 25.5 Å². The molecule has 11 heteroatoms. The molecule has 1 aromatic heterocycles. The summed E-state index contributed by atoms with van der Waals surface area (Å²) in [6.45, 7) is -0.381. The molecule has 0 bridgehead atoms. The molecule has 3 N–H and O–H groups in total. The second kappa shape index (κ2) is 9.64. The predicted octanol–water partition coefficient (Wildman–Crippen LogP) is 2.52. The van der Waals surface area contributed by atoms with Crippen LogP contribution in [0.15, 0.2) is 12.3 Å². The first-order valence-corrected chi connectivity index (χ1v) is 8.47. The molecule has 1 aliphatic rings. The van der Waals surface area contributed by atoms with E-state index >= 15 is 0 Å². The molecule has 0 aromatic carbocycles. The first kappa shape index (κ1) is 22.8. The Morgan fingerprint density at radius 2 is 2.12 bits per heavy atom. The van der Waals surface area contributed by atoms with Crippen LogP contribution in [0.25, 0.3) is 0 Å². The number of halogens is 5. The molecule has 1 saturated heterocycles. The van der Waals surface area contributed by atoms with Crippen LogP contribution in [0.3, 0.4) is 0 Å². The highest BCUT2D eigenvalue weighted by molar-refractivity contribution is 6.41. The second-order valence-corrected chi connectivity index (χ2v) is 6.58. The average molecular weight is 432 g/mol. The summed E-state index contributed by atoms with van der Waals surface area (Å²) in [6.07, 6.45) is 1.55. The molecule has 0 unspecified atom stereocenters. The number of nitrogens with two attached hydrogens (primary N) is 1. The Morgan fingerprint density at radius 1 is 1.42 bits per heavy atom. The van der Waals surface area contributed by atoms with Gasteiger partial charge in [0.1, 0.15) is 11.2 Å². The highest BCUT2D eigenvalue weighted by Gasteiger charge is 2.42. The molecule has 0 radical (unpaired) electrons. The number of alkyl halides is 2. The van der Waals surface area contributed by atoms with Gasteiger partial charge in [0.2, 0.25) is 5.91 Å². The lowest BCUT2D eigenvalue weighted by Crippen LogP contribution is -2.48. The fourth-order valence-electron chi connectivity index (χ4n) is 2.51. The molecule has 146 valence electrons. The smallest absolute Gasteiger partial charge is 0.267 e. The molecule has 2 heterocycles. The first-order valence-electron chi connectivity index (χ1n) is 7.72. The van der Waals surface area contributed by atoms with E-state index in [-0.39, 0.29) is 47.5 Å². The van der Waals surface area contributed by atoms with Gasteiger partial charge in [0.05, 0.1) is 17.1 Å². The van der Waals surface area contributed by atoms with Gasteiger partial charge in [-0.15, -0.1) is 12.4 Å². The number of rotatable bonds is 6. The van der Waals surface area contributed by atoms with Gasteiger partial charge in [-0.2, -0.15) is 0 Å². The van der Waals surface area contributed by atoms with Gasteiger partial charge < -0.3 is 16.0 Å². The Morgan fingerprint density at radius 3 is 2.65 bits per heavy atom. The molecule has 0 aliphatic carbocycles. The summed E-state index contributed by atoms with van der Waals surface area (Å²) >= 11 is 11.5. The largest absolute Gasteiger partial charge is 0.340 e. The maximum atomic E-state index is 13.3. The van der Waals surface area contributed by atoms with Crippen LogP contribution in [0.1, 0.15) is 29.6 Å². The number of amides is 2. The summed E-state index contributed by atoms with van der Waals surface area (Å²) in [7, 11) is 0. The molecular weight excluding hydrogens is 413 g/mol. The lowest BCUT2D eigenvalue weighted by molar-refractivity contribution is -0.133. The lowest BCUT2D eigenvalue weighted by atomic mass is 10.1. The third-order valence-electron chi connectivity index (χ3n) is 3.84. The lowest BCUT2D eigenvalue weighted by Gasteiger charge is -2.24. The van der Waals surface area contributed by atoms with Gasteiger partial charge in [-0.25, -0.2) is 13.8 Å². The fourth-order valence-corrected chi connectivity index (χ4v) is 2.78. The molecule has 1 aliphatic heterocycles. The zero-order valence-corrected chi connectivity index (χ0v) is 16.0. The minimum absolute atomic E-state index is 0. The summed E-state index contributed by atoms with van der Waals surface area (Å²) in [4.78, 5) is 29.7. The maximum Gasteiger partial charge on any atom is 0.267 e. The van der Waals surface area contributed by atoms with E-state index < -0.39 is 30.3 Å². The molecule has 6 nitrogen and oxygen atoms in total. The highest BCUT2D eigenvalue weighted by Crippen LogP contribution is 2.27. The predicted molar refractivity (Wildman–Crippen MR) is 97.2 cm³/mol. The third kappa shape index (κ3) is 5.90. The van der Waals surface area contributed by atoms with Crippen molar-refractivity contribution < 1.29 is 18.4 Å². The van der Waals surface area contributed by atoms with Crippen LogP contribution in [-0.4, -0.2) is 53.3 Å². The Labute approximate surface area is 165 Å². The fraction of sp³-hybridized carbons (Fsp3) is 0.533. The summed E-state index contributed by atoms with van der Waals surface area (Å²) < 4.78 is 26.7. The minimum atomic E-state index is -2.90. The van der Waals surface area contributed by atoms with Crippen LogP contribution in [0, 0.1) is 0 Å². The number of aromatic nitrogens is 1. The van der Waals surface area contributed by atoms with Crippen LogP contribution in [-0.2, 0) is 4.79 Å². The average Bonchev–Trinajstić information content (AvgIpc) is 2.93. The molecule has 1 atom stereocenters.